The maximum absolute atomic E-state index is 10.2. The average Bonchev–Trinajstić information content (AvgIpc) is 2.55. The van der Waals surface area contributed by atoms with Crippen molar-refractivity contribution in [2.24, 2.45) is 5.92 Å². The summed E-state index contributed by atoms with van der Waals surface area (Å²) in [6, 6.07) is 0. The fourth-order valence-corrected chi connectivity index (χ4v) is 2.72. The largest absolute Gasteiger partial charge is 0.390 e. The lowest BCUT2D eigenvalue weighted by Crippen LogP contribution is -2.54. The zero-order valence-electron chi connectivity index (χ0n) is 12.4. The summed E-state index contributed by atoms with van der Waals surface area (Å²) in [5.41, 5.74) is -0.628. The minimum Gasteiger partial charge on any atom is -0.390 e. The molecule has 5 nitrogen and oxygen atoms in total. The Bertz CT molecular complexity index is 322. The van der Waals surface area contributed by atoms with E-state index in [1.807, 2.05) is 34.6 Å². The number of hydrogen-bond acceptors (Lipinski definition) is 5. The second-order valence-electron chi connectivity index (χ2n) is 7.19. The predicted octanol–water partition coefficient (Wildman–Crippen LogP) is 1.06. The fourth-order valence-electron chi connectivity index (χ4n) is 2.72. The highest BCUT2D eigenvalue weighted by Gasteiger charge is 2.52. The second kappa shape index (κ2) is 4.97. The van der Waals surface area contributed by atoms with E-state index in [0.717, 1.165) is 0 Å². The van der Waals surface area contributed by atoms with Crippen molar-refractivity contribution in [1.29, 1.82) is 0 Å². The molecule has 1 unspecified atom stereocenters. The lowest BCUT2D eigenvalue weighted by molar-refractivity contribution is -0.276. The van der Waals surface area contributed by atoms with Crippen molar-refractivity contribution in [2.75, 3.05) is 6.61 Å². The molecular weight excluding hydrogens is 248 g/mol. The van der Waals surface area contributed by atoms with Gasteiger partial charge >= 0.3 is 0 Å². The van der Waals surface area contributed by atoms with E-state index in [2.05, 4.69) is 0 Å². The molecule has 0 aromatic heterocycles. The van der Waals surface area contributed by atoms with E-state index in [1.54, 1.807) is 0 Å². The van der Waals surface area contributed by atoms with Crippen LogP contribution in [0.15, 0.2) is 0 Å². The number of rotatable bonds is 2. The molecule has 112 valence electrons. The number of fused-ring (bicyclic) bond motifs is 1. The summed E-state index contributed by atoms with van der Waals surface area (Å²) in [5.74, 6) is -0.170. The van der Waals surface area contributed by atoms with Crippen molar-refractivity contribution in [2.45, 2.75) is 76.8 Å². The first-order valence-electron chi connectivity index (χ1n) is 6.92. The van der Waals surface area contributed by atoms with Gasteiger partial charge in [-0.15, -0.1) is 0 Å². The van der Waals surface area contributed by atoms with Crippen LogP contribution in [-0.2, 0) is 14.2 Å². The van der Waals surface area contributed by atoms with Crippen LogP contribution in [0.5, 0.6) is 0 Å². The zero-order valence-corrected chi connectivity index (χ0v) is 12.4. The Morgan fingerprint density at radius 2 is 1.84 bits per heavy atom. The number of aliphatic hydroxyl groups is 2. The Labute approximate surface area is 114 Å². The van der Waals surface area contributed by atoms with Crippen LogP contribution in [-0.4, -0.2) is 52.6 Å². The van der Waals surface area contributed by atoms with E-state index in [4.69, 9.17) is 14.2 Å². The molecule has 0 amide bonds. The Kier molecular flexibility index (Phi) is 3.97. The highest BCUT2D eigenvalue weighted by molar-refractivity contribution is 4.96. The van der Waals surface area contributed by atoms with Gasteiger partial charge in [-0.3, -0.25) is 0 Å². The third-order valence-corrected chi connectivity index (χ3v) is 3.67. The molecule has 0 radical (unpaired) electrons. The van der Waals surface area contributed by atoms with Crippen LogP contribution in [0.3, 0.4) is 0 Å². The van der Waals surface area contributed by atoms with Gasteiger partial charge in [0, 0.05) is 5.92 Å². The SMILES string of the molecule is CC(C)(C)OC[C@H]1OC2OC(C)(C)C[C@@H]2[C@@H](O)[C@@H]1O. The van der Waals surface area contributed by atoms with Gasteiger partial charge in [0.15, 0.2) is 6.29 Å². The minimum absolute atomic E-state index is 0.170. The summed E-state index contributed by atoms with van der Waals surface area (Å²) in [5, 5.41) is 20.4. The summed E-state index contributed by atoms with van der Waals surface area (Å²) in [4.78, 5) is 0. The Morgan fingerprint density at radius 3 is 2.42 bits per heavy atom. The summed E-state index contributed by atoms with van der Waals surface area (Å²) < 4.78 is 17.2. The Morgan fingerprint density at radius 1 is 1.21 bits per heavy atom. The maximum atomic E-state index is 10.2. The van der Waals surface area contributed by atoms with Crippen LogP contribution >= 0.6 is 0 Å². The Hall–Kier alpha value is -0.200. The molecule has 2 saturated heterocycles. The van der Waals surface area contributed by atoms with E-state index < -0.39 is 24.6 Å². The van der Waals surface area contributed by atoms with Crippen LogP contribution in [0.1, 0.15) is 41.0 Å². The molecule has 5 atom stereocenters. The van der Waals surface area contributed by atoms with Crippen LogP contribution in [0, 0.1) is 5.92 Å². The predicted molar refractivity (Wildman–Crippen MR) is 69.7 cm³/mol. The number of ether oxygens (including phenoxy) is 3. The third kappa shape index (κ3) is 3.47. The van der Waals surface area contributed by atoms with Crippen molar-refractivity contribution in [3.8, 4) is 0 Å². The van der Waals surface area contributed by atoms with Gasteiger partial charge in [-0.05, 0) is 41.0 Å². The normalized spacial score (nSPS) is 42.2. The van der Waals surface area contributed by atoms with E-state index in [0.29, 0.717) is 6.42 Å². The van der Waals surface area contributed by atoms with E-state index >= 15 is 0 Å². The van der Waals surface area contributed by atoms with Crippen molar-refractivity contribution in [3.63, 3.8) is 0 Å². The monoisotopic (exact) mass is 274 g/mol. The molecule has 2 aliphatic rings. The van der Waals surface area contributed by atoms with Crippen LogP contribution in [0.25, 0.3) is 0 Å². The van der Waals surface area contributed by atoms with Crippen molar-refractivity contribution in [1.82, 2.24) is 0 Å². The van der Waals surface area contributed by atoms with Crippen LogP contribution in [0.4, 0.5) is 0 Å². The quantitative estimate of drug-likeness (QED) is 0.788. The molecule has 2 rings (SSSR count). The van der Waals surface area contributed by atoms with Gasteiger partial charge in [-0.1, -0.05) is 0 Å². The van der Waals surface area contributed by atoms with Gasteiger partial charge in [0.1, 0.15) is 12.2 Å². The standard InChI is InChI=1S/C14H26O5/c1-13(2,3)17-7-9-11(16)10(15)8-6-14(4,5)19-12(8)18-9/h8-12,15-16H,6-7H2,1-5H3/t8-,9-,10-,11-,12?/m1/s1. The minimum atomic E-state index is -0.930. The van der Waals surface area contributed by atoms with E-state index in [1.165, 1.54) is 0 Å². The molecule has 2 heterocycles. The van der Waals surface area contributed by atoms with Gasteiger partial charge < -0.3 is 24.4 Å². The first-order chi connectivity index (χ1) is 8.59. The molecule has 0 aliphatic carbocycles. The van der Waals surface area contributed by atoms with Gasteiger partial charge in [-0.2, -0.15) is 0 Å². The molecule has 19 heavy (non-hydrogen) atoms. The van der Waals surface area contributed by atoms with Gasteiger partial charge in [0.25, 0.3) is 0 Å². The number of aliphatic hydroxyl groups excluding tert-OH is 2. The topological polar surface area (TPSA) is 68.2 Å². The number of hydrogen-bond donors (Lipinski definition) is 2. The summed E-state index contributed by atoms with van der Waals surface area (Å²) in [7, 11) is 0. The lowest BCUT2D eigenvalue weighted by Gasteiger charge is -2.39. The van der Waals surface area contributed by atoms with E-state index in [9.17, 15) is 10.2 Å². The van der Waals surface area contributed by atoms with Crippen LogP contribution < -0.4 is 0 Å². The maximum Gasteiger partial charge on any atom is 0.164 e. The highest BCUT2D eigenvalue weighted by Crippen LogP contribution is 2.42. The highest BCUT2D eigenvalue weighted by atomic mass is 16.7. The molecule has 5 heteroatoms. The molecule has 2 fully saturated rings. The first kappa shape index (κ1) is 15.2. The van der Waals surface area contributed by atoms with Crippen molar-refractivity contribution < 1.29 is 24.4 Å². The lowest BCUT2D eigenvalue weighted by atomic mass is 9.86. The first-order valence-corrected chi connectivity index (χ1v) is 6.92. The van der Waals surface area contributed by atoms with E-state index in [-0.39, 0.29) is 23.7 Å². The average molecular weight is 274 g/mol. The smallest absolute Gasteiger partial charge is 0.164 e. The zero-order chi connectivity index (χ0) is 14.4. The van der Waals surface area contributed by atoms with Gasteiger partial charge in [0.05, 0.1) is 23.9 Å². The molecule has 2 N–H and O–H groups in total. The molecule has 0 spiro atoms. The molecule has 0 bridgehead atoms. The molecule has 2 aliphatic heterocycles. The van der Waals surface area contributed by atoms with Crippen molar-refractivity contribution >= 4 is 0 Å². The molecular formula is C14H26O5. The van der Waals surface area contributed by atoms with Gasteiger partial charge in [0.2, 0.25) is 0 Å². The summed E-state index contributed by atoms with van der Waals surface area (Å²) in [6.07, 6.45) is -2.08. The summed E-state index contributed by atoms with van der Waals surface area (Å²) >= 11 is 0. The fraction of sp³-hybridized carbons (Fsp3) is 1.00. The van der Waals surface area contributed by atoms with Gasteiger partial charge in [-0.25, -0.2) is 0 Å². The van der Waals surface area contributed by atoms with Crippen LogP contribution in [0.2, 0.25) is 0 Å². The molecule has 0 aromatic carbocycles. The molecule has 0 saturated carbocycles. The summed E-state index contributed by atoms with van der Waals surface area (Å²) in [6.45, 7) is 10.0. The second-order valence-corrected chi connectivity index (χ2v) is 7.19. The molecule has 0 aromatic rings. The van der Waals surface area contributed by atoms with Crippen molar-refractivity contribution in [3.05, 3.63) is 0 Å². The Balaban J connectivity index is 2.01. The third-order valence-electron chi connectivity index (χ3n) is 3.67.